The molecule has 0 fully saturated rings. The third kappa shape index (κ3) is 5.99. The first-order chi connectivity index (χ1) is 15.5. The number of carbonyl (C=O) groups excluding carboxylic acids is 1. The molecule has 9 heteroatoms. The number of benzene rings is 3. The minimum Gasteiger partial charge on any atom is -0.481 e. The van der Waals surface area contributed by atoms with Crippen molar-refractivity contribution in [1.29, 1.82) is 0 Å². The number of hydrogen-bond donors (Lipinski definition) is 2. The van der Waals surface area contributed by atoms with Gasteiger partial charge >= 0.3 is 0 Å². The number of amides is 1. The molecule has 6 nitrogen and oxygen atoms in total. The highest BCUT2D eigenvalue weighted by atomic mass is 35.5. The van der Waals surface area contributed by atoms with Crippen molar-refractivity contribution in [2.24, 2.45) is 0 Å². The van der Waals surface area contributed by atoms with Crippen LogP contribution in [0.15, 0.2) is 59.5 Å². The smallest absolute Gasteiger partial charge is 0.265 e. The quantitative estimate of drug-likeness (QED) is 0.403. The molecule has 0 aliphatic rings. The number of carbonyl (C=O) groups is 1. The molecule has 174 valence electrons. The Morgan fingerprint density at radius 1 is 1.00 bits per heavy atom. The third-order valence-corrected chi connectivity index (χ3v) is 7.27. The molecular weight excluding hydrogens is 483 g/mol. The summed E-state index contributed by atoms with van der Waals surface area (Å²) >= 11 is 12.0. The van der Waals surface area contributed by atoms with Crippen LogP contribution in [0.25, 0.3) is 0 Å². The Bertz CT molecular complexity index is 1290. The van der Waals surface area contributed by atoms with Gasteiger partial charge in [-0.05, 0) is 86.8 Å². The molecule has 0 spiro atoms. The Labute approximate surface area is 203 Å². The highest BCUT2D eigenvalue weighted by Gasteiger charge is 2.19. The van der Waals surface area contributed by atoms with E-state index in [0.717, 1.165) is 16.7 Å². The second-order valence-corrected chi connectivity index (χ2v) is 10.2. The normalized spacial score (nSPS) is 12.2. The van der Waals surface area contributed by atoms with E-state index in [2.05, 4.69) is 16.1 Å². The fourth-order valence-electron chi connectivity index (χ4n) is 3.11. The van der Waals surface area contributed by atoms with Gasteiger partial charge in [-0.1, -0.05) is 35.3 Å². The molecule has 0 saturated heterocycles. The van der Waals surface area contributed by atoms with Crippen LogP contribution in [0.1, 0.15) is 23.6 Å². The molecule has 3 aromatic carbocycles. The fourth-order valence-corrected chi connectivity index (χ4v) is 4.59. The van der Waals surface area contributed by atoms with Gasteiger partial charge in [0.25, 0.3) is 15.9 Å². The number of anilines is 2. The van der Waals surface area contributed by atoms with Crippen LogP contribution in [0.3, 0.4) is 0 Å². The molecule has 0 bridgehead atoms. The Kier molecular flexibility index (Phi) is 7.57. The molecule has 33 heavy (non-hydrogen) atoms. The van der Waals surface area contributed by atoms with Crippen molar-refractivity contribution >= 4 is 50.5 Å². The van der Waals surface area contributed by atoms with E-state index in [9.17, 15) is 13.2 Å². The monoisotopic (exact) mass is 506 g/mol. The van der Waals surface area contributed by atoms with Gasteiger partial charge < -0.3 is 10.1 Å². The van der Waals surface area contributed by atoms with Crippen LogP contribution in [0.5, 0.6) is 5.75 Å². The zero-order valence-electron chi connectivity index (χ0n) is 18.6. The maximum atomic E-state index is 12.7. The van der Waals surface area contributed by atoms with Crippen LogP contribution in [0.4, 0.5) is 11.4 Å². The van der Waals surface area contributed by atoms with Crippen molar-refractivity contribution in [3.05, 3.63) is 81.3 Å². The van der Waals surface area contributed by atoms with E-state index in [1.54, 1.807) is 19.1 Å². The second-order valence-electron chi connectivity index (χ2n) is 7.69. The van der Waals surface area contributed by atoms with E-state index in [1.165, 1.54) is 30.3 Å². The molecule has 1 unspecified atom stereocenters. The highest BCUT2D eigenvalue weighted by Crippen LogP contribution is 2.31. The number of halogens is 2. The third-order valence-electron chi connectivity index (χ3n) is 5.07. The average molecular weight is 507 g/mol. The molecule has 0 aromatic heterocycles. The van der Waals surface area contributed by atoms with Crippen molar-refractivity contribution < 1.29 is 17.9 Å². The lowest BCUT2D eigenvalue weighted by Gasteiger charge is -2.18. The van der Waals surface area contributed by atoms with E-state index in [-0.39, 0.29) is 26.5 Å². The lowest BCUT2D eigenvalue weighted by molar-refractivity contribution is -0.122. The SMILES string of the molecule is Cc1cc(C)c(C)c(OC(C)C(=O)Nc2ccc(S(=O)(=O)Nc3cccc(Cl)c3Cl)cc2)c1. The van der Waals surface area contributed by atoms with Gasteiger partial charge in [0.15, 0.2) is 6.10 Å². The van der Waals surface area contributed by atoms with E-state index in [1.807, 2.05) is 26.8 Å². The Morgan fingerprint density at radius 2 is 1.67 bits per heavy atom. The fraction of sp³-hybridized carbons (Fsp3) is 0.208. The molecule has 0 aliphatic heterocycles. The van der Waals surface area contributed by atoms with Gasteiger partial charge in [-0.15, -0.1) is 0 Å². The Hall–Kier alpha value is -2.74. The first kappa shape index (κ1) is 24.9. The van der Waals surface area contributed by atoms with Crippen LogP contribution in [0, 0.1) is 20.8 Å². The molecule has 1 atom stereocenters. The Morgan fingerprint density at radius 3 is 2.33 bits per heavy atom. The summed E-state index contributed by atoms with van der Waals surface area (Å²) in [5, 5.41) is 3.09. The van der Waals surface area contributed by atoms with Crippen LogP contribution in [0.2, 0.25) is 10.0 Å². The lowest BCUT2D eigenvalue weighted by atomic mass is 10.1. The number of ether oxygens (including phenoxy) is 1. The van der Waals surface area contributed by atoms with Crippen LogP contribution < -0.4 is 14.8 Å². The van der Waals surface area contributed by atoms with Crippen LogP contribution in [-0.2, 0) is 14.8 Å². The molecule has 0 saturated carbocycles. The van der Waals surface area contributed by atoms with Crippen LogP contribution in [-0.4, -0.2) is 20.4 Å². The maximum Gasteiger partial charge on any atom is 0.265 e. The van der Waals surface area contributed by atoms with E-state index in [4.69, 9.17) is 27.9 Å². The van der Waals surface area contributed by atoms with Crippen LogP contribution >= 0.6 is 23.2 Å². The van der Waals surface area contributed by atoms with Gasteiger partial charge in [0, 0.05) is 5.69 Å². The largest absolute Gasteiger partial charge is 0.481 e. The zero-order valence-corrected chi connectivity index (χ0v) is 20.9. The summed E-state index contributed by atoms with van der Waals surface area (Å²) in [5.41, 5.74) is 3.72. The zero-order chi connectivity index (χ0) is 24.3. The number of aryl methyl sites for hydroxylation is 2. The van der Waals surface area contributed by atoms with Crippen molar-refractivity contribution in [3.63, 3.8) is 0 Å². The number of nitrogens with one attached hydrogen (secondary N) is 2. The summed E-state index contributed by atoms with van der Waals surface area (Å²) in [7, 11) is -3.90. The van der Waals surface area contributed by atoms with Crippen molar-refractivity contribution in [1.82, 2.24) is 0 Å². The minimum absolute atomic E-state index is 0.00620. The van der Waals surface area contributed by atoms with E-state index >= 15 is 0 Å². The number of sulfonamides is 1. The molecular formula is C24H24Cl2N2O4S. The van der Waals surface area contributed by atoms with Gasteiger partial charge in [-0.2, -0.15) is 0 Å². The standard InChI is InChI=1S/C24H24Cl2N2O4S/c1-14-12-15(2)16(3)22(13-14)32-17(4)24(29)27-18-8-10-19(11-9-18)33(30,31)28-21-7-5-6-20(25)23(21)26/h5-13,17,28H,1-4H3,(H,27,29). The van der Waals surface area contributed by atoms with Gasteiger partial charge in [-0.25, -0.2) is 8.42 Å². The summed E-state index contributed by atoms with van der Waals surface area (Å²) in [6, 6.07) is 14.4. The first-order valence-corrected chi connectivity index (χ1v) is 12.3. The molecule has 0 heterocycles. The van der Waals surface area contributed by atoms with Gasteiger partial charge in [0.1, 0.15) is 5.75 Å². The topological polar surface area (TPSA) is 84.5 Å². The average Bonchev–Trinajstić information content (AvgIpc) is 2.75. The van der Waals surface area contributed by atoms with Gasteiger partial charge in [-0.3, -0.25) is 9.52 Å². The molecule has 0 radical (unpaired) electrons. The number of rotatable bonds is 7. The summed E-state index contributed by atoms with van der Waals surface area (Å²) < 4.78 is 33.6. The first-order valence-electron chi connectivity index (χ1n) is 10.1. The summed E-state index contributed by atoms with van der Waals surface area (Å²) in [6.07, 6.45) is -0.750. The summed E-state index contributed by atoms with van der Waals surface area (Å²) in [6.45, 7) is 7.56. The van der Waals surface area contributed by atoms with E-state index < -0.39 is 16.1 Å². The van der Waals surface area contributed by atoms with Crippen molar-refractivity contribution in [3.8, 4) is 5.75 Å². The number of hydrogen-bond acceptors (Lipinski definition) is 4. The van der Waals surface area contributed by atoms with Gasteiger partial charge in [0.05, 0.1) is 20.6 Å². The molecule has 2 N–H and O–H groups in total. The maximum absolute atomic E-state index is 12.7. The predicted molar refractivity (Wildman–Crippen MR) is 133 cm³/mol. The molecule has 3 rings (SSSR count). The van der Waals surface area contributed by atoms with Crippen molar-refractivity contribution in [2.75, 3.05) is 10.0 Å². The molecule has 3 aromatic rings. The summed E-state index contributed by atoms with van der Waals surface area (Å²) in [5.74, 6) is 0.301. The Balaban J connectivity index is 1.68. The minimum atomic E-state index is -3.90. The van der Waals surface area contributed by atoms with Crippen molar-refractivity contribution in [2.45, 2.75) is 38.7 Å². The summed E-state index contributed by atoms with van der Waals surface area (Å²) in [4.78, 5) is 12.6. The van der Waals surface area contributed by atoms with Gasteiger partial charge in [0.2, 0.25) is 0 Å². The molecule has 1 amide bonds. The molecule has 0 aliphatic carbocycles. The lowest BCUT2D eigenvalue weighted by Crippen LogP contribution is -2.30. The highest BCUT2D eigenvalue weighted by molar-refractivity contribution is 7.92. The second kappa shape index (κ2) is 10.0. The predicted octanol–water partition coefficient (Wildman–Crippen LogP) is 6.13. The van der Waals surface area contributed by atoms with E-state index in [0.29, 0.717) is 11.4 Å².